The van der Waals surface area contributed by atoms with Gasteiger partial charge in [0.2, 0.25) is 0 Å². The molecule has 0 radical (unpaired) electrons. The van der Waals surface area contributed by atoms with Crippen molar-refractivity contribution in [3.8, 4) is 0 Å². The average molecular weight is 243 g/mol. The Morgan fingerprint density at radius 2 is 2.29 bits per heavy atom. The van der Waals surface area contributed by atoms with E-state index in [9.17, 15) is 4.79 Å². The molecule has 1 aliphatic heterocycles. The summed E-state index contributed by atoms with van der Waals surface area (Å²) in [6.07, 6.45) is 4.36. The lowest BCUT2D eigenvalue weighted by Crippen LogP contribution is -2.39. The Hall–Kier alpha value is -0.610. The first-order chi connectivity index (χ1) is 8.13. The fourth-order valence-electron chi connectivity index (χ4n) is 2.07. The first-order valence-corrected chi connectivity index (χ1v) is 6.61. The molecule has 100 valence electrons. The molecule has 1 saturated heterocycles. The first-order valence-electron chi connectivity index (χ1n) is 6.61. The molecule has 17 heavy (non-hydrogen) atoms. The molecule has 0 N–H and O–H groups in total. The maximum absolute atomic E-state index is 11.4. The number of rotatable bonds is 6. The quantitative estimate of drug-likeness (QED) is 0.667. The normalized spacial score (nSPS) is 22.5. The summed E-state index contributed by atoms with van der Waals surface area (Å²) in [7, 11) is 2.04. The molecule has 4 heteroatoms. The topological polar surface area (TPSA) is 38.8 Å². The third kappa shape index (κ3) is 5.50. The Morgan fingerprint density at radius 1 is 1.53 bits per heavy atom. The Morgan fingerprint density at radius 3 is 2.88 bits per heavy atom. The molecule has 0 spiro atoms. The molecule has 0 aromatic heterocycles. The van der Waals surface area contributed by atoms with E-state index in [0.29, 0.717) is 19.1 Å². The number of carbonyl (C=O) groups is 1. The number of ether oxygens (including phenoxy) is 2. The second-order valence-electron chi connectivity index (χ2n) is 4.79. The van der Waals surface area contributed by atoms with Crippen LogP contribution in [0.1, 0.15) is 39.5 Å². The summed E-state index contributed by atoms with van der Waals surface area (Å²) >= 11 is 0. The number of esters is 1. The smallest absolute Gasteiger partial charge is 0.307 e. The number of carbonyl (C=O) groups excluding carboxylic acids is 1. The summed E-state index contributed by atoms with van der Waals surface area (Å²) in [4.78, 5) is 13.6. The third-order valence-electron chi connectivity index (χ3n) is 3.29. The Bertz CT molecular complexity index is 227. The number of nitrogens with zero attached hydrogens (tertiary/aromatic N) is 1. The zero-order valence-corrected chi connectivity index (χ0v) is 11.3. The van der Waals surface area contributed by atoms with Crippen LogP contribution in [0.4, 0.5) is 0 Å². The van der Waals surface area contributed by atoms with Crippen molar-refractivity contribution in [3.63, 3.8) is 0 Å². The van der Waals surface area contributed by atoms with Crippen molar-refractivity contribution < 1.29 is 14.3 Å². The zero-order chi connectivity index (χ0) is 12.7. The third-order valence-corrected chi connectivity index (χ3v) is 3.29. The lowest BCUT2D eigenvalue weighted by atomic mass is 10.1. The van der Waals surface area contributed by atoms with E-state index >= 15 is 0 Å². The van der Waals surface area contributed by atoms with Crippen LogP contribution in [0.15, 0.2) is 0 Å². The molecule has 1 rings (SSSR count). The molecule has 2 unspecified atom stereocenters. The molecular formula is C13H25NO3. The Balaban J connectivity index is 2.25. The van der Waals surface area contributed by atoms with Gasteiger partial charge < -0.3 is 14.4 Å². The van der Waals surface area contributed by atoms with E-state index in [2.05, 4.69) is 11.8 Å². The fraction of sp³-hybridized carbons (Fsp3) is 0.923. The van der Waals surface area contributed by atoms with E-state index in [1.54, 1.807) is 0 Å². The highest BCUT2D eigenvalue weighted by Crippen LogP contribution is 2.15. The van der Waals surface area contributed by atoms with Gasteiger partial charge >= 0.3 is 5.97 Å². The SMILES string of the molecule is CCOC(=O)CC(C)N(C)CC1CCCCO1. The standard InChI is InChI=1S/C13H25NO3/c1-4-16-13(15)9-11(2)14(3)10-12-7-5-6-8-17-12/h11-12H,4-10H2,1-3H3. The van der Waals surface area contributed by atoms with Crippen LogP contribution in [0.5, 0.6) is 0 Å². The molecule has 2 atom stereocenters. The van der Waals surface area contributed by atoms with Gasteiger partial charge in [-0.15, -0.1) is 0 Å². The van der Waals surface area contributed by atoms with Crippen molar-refractivity contribution in [1.29, 1.82) is 0 Å². The van der Waals surface area contributed by atoms with E-state index in [1.165, 1.54) is 12.8 Å². The van der Waals surface area contributed by atoms with E-state index in [-0.39, 0.29) is 12.0 Å². The molecule has 0 aromatic carbocycles. The van der Waals surface area contributed by atoms with Gasteiger partial charge in [-0.1, -0.05) is 0 Å². The van der Waals surface area contributed by atoms with Gasteiger partial charge in [-0.25, -0.2) is 0 Å². The number of likely N-dealkylation sites (N-methyl/N-ethyl adjacent to an activating group) is 1. The highest BCUT2D eigenvalue weighted by atomic mass is 16.5. The second kappa shape index (κ2) is 7.67. The molecule has 0 aromatic rings. The van der Waals surface area contributed by atoms with Crippen molar-refractivity contribution in [2.75, 3.05) is 26.8 Å². The predicted molar refractivity (Wildman–Crippen MR) is 66.9 cm³/mol. The van der Waals surface area contributed by atoms with Crippen LogP contribution in [-0.2, 0) is 14.3 Å². The molecule has 4 nitrogen and oxygen atoms in total. The van der Waals surface area contributed by atoms with Crippen LogP contribution in [0.25, 0.3) is 0 Å². The summed E-state index contributed by atoms with van der Waals surface area (Å²) < 4.78 is 10.6. The minimum atomic E-state index is -0.114. The monoisotopic (exact) mass is 243 g/mol. The fourth-order valence-corrected chi connectivity index (χ4v) is 2.07. The van der Waals surface area contributed by atoms with Gasteiger partial charge in [-0.3, -0.25) is 4.79 Å². The highest BCUT2D eigenvalue weighted by molar-refractivity contribution is 5.69. The van der Waals surface area contributed by atoms with Crippen LogP contribution >= 0.6 is 0 Å². The summed E-state index contributed by atoms with van der Waals surface area (Å²) in [5.74, 6) is -0.114. The maximum atomic E-state index is 11.4. The van der Waals surface area contributed by atoms with Crippen LogP contribution in [0.2, 0.25) is 0 Å². The van der Waals surface area contributed by atoms with Crippen molar-refractivity contribution in [3.05, 3.63) is 0 Å². The summed E-state index contributed by atoms with van der Waals surface area (Å²) in [5, 5.41) is 0. The van der Waals surface area contributed by atoms with Gasteiger partial charge in [-0.05, 0) is 40.2 Å². The van der Waals surface area contributed by atoms with Crippen molar-refractivity contribution in [1.82, 2.24) is 4.90 Å². The van der Waals surface area contributed by atoms with Crippen LogP contribution < -0.4 is 0 Å². The van der Waals surface area contributed by atoms with Crippen LogP contribution in [-0.4, -0.2) is 49.8 Å². The zero-order valence-electron chi connectivity index (χ0n) is 11.3. The van der Waals surface area contributed by atoms with Gasteiger partial charge in [0.15, 0.2) is 0 Å². The molecule has 1 heterocycles. The minimum absolute atomic E-state index is 0.114. The van der Waals surface area contributed by atoms with E-state index < -0.39 is 0 Å². The van der Waals surface area contributed by atoms with Crippen LogP contribution in [0, 0.1) is 0 Å². The molecule has 1 fully saturated rings. The largest absolute Gasteiger partial charge is 0.466 e. The van der Waals surface area contributed by atoms with Gasteiger partial charge in [0.05, 0.1) is 19.1 Å². The average Bonchev–Trinajstić information content (AvgIpc) is 2.30. The Labute approximate surface area is 104 Å². The second-order valence-corrected chi connectivity index (χ2v) is 4.79. The van der Waals surface area contributed by atoms with Gasteiger partial charge in [-0.2, -0.15) is 0 Å². The molecule has 0 bridgehead atoms. The van der Waals surface area contributed by atoms with E-state index in [0.717, 1.165) is 19.6 Å². The Kier molecular flexibility index (Phi) is 6.52. The maximum Gasteiger partial charge on any atom is 0.307 e. The number of hydrogen-bond acceptors (Lipinski definition) is 4. The molecule has 1 aliphatic rings. The predicted octanol–water partition coefficient (Wildman–Crippen LogP) is 1.83. The van der Waals surface area contributed by atoms with Crippen molar-refractivity contribution in [2.45, 2.75) is 51.7 Å². The van der Waals surface area contributed by atoms with Crippen molar-refractivity contribution in [2.24, 2.45) is 0 Å². The van der Waals surface area contributed by atoms with Gasteiger partial charge in [0.1, 0.15) is 0 Å². The lowest BCUT2D eigenvalue weighted by molar-refractivity contribution is -0.144. The molecular weight excluding hydrogens is 218 g/mol. The summed E-state index contributed by atoms with van der Waals surface area (Å²) in [6.45, 7) is 6.13. The summed E-state index contributed by atoms with van der Waals surface area (Å²) in [6, 6.07) is 0.208. The van der Waals surface area contributed by atoms with E-state index in [4.69, 9.17) is 9.47 Å². The first kappa shape index (κ1) is 14.5. The highest BCUT2D eigenvalue weighted by Gasteiger charge is 2.20. The number of hydrogen-bond donors (Lipinski definition) is 0. The van der Waals surface area contributed by atoms with E-state index in [1.807, 2.05) is 14.0 Å². The minimum Gasteiger partial charge on any atom is -0.466 e. The summed E-state index contributed by atoms with van der Waals surface area (Å²) in [5.41, 5.74) is 0. The van der Waals surface area contributed by atoms with Crippen molar-refractivity contribution >= 4 is 5.97 Å². The van der Waals surface area contributed by atoms with Gasteiger partial charge in [0, 0.05) is 19.2 Å². The van der Waals surface area contributed by atoms with Crippen LogP contribution in [0.3, 0.4) is 0 Å². The molecule has 0 saturated carbocycles. The molecule has 0 aliphatic carbocycles. The van der Waals surface area contributed by atoms with Gasteiger partial charge in [0.25, 0.3) is 0 Å². The molecule has 0 amide bonds. The lowest BCUT2D eigenvalue weighted by Gasteiger charge is -2.30.